The zero-order valence-corrected chi connectivity index (χ0v) is 15.1. The van der Waals surface area contributed by atoms with Gasteiger partial charge in [-0.05, 0) is 55.8 Å². The van der Waals surface area contributed by atoms with Crippen molar-refractivity contribution in [2.75, 3.05) is 39.4 Å². The molecule has 4 nitrogen and oxygen atoms in total. The van der Waals surface area contributed by atoms with E-state index < -0.39 is 5.41 Å². The lowest BCUT2D eigenvalue weighted by atomic mass is 9.73. The lowest BCUT2D eigenvalue weighted by Crippen LogP contribution is -2.50. The highest BCUT2D eigenvalue weighted by atomic mass is 19.1. The van der Waals surface area contributed by atoms with Gasteiger partial charge in [0.1, 0.15) is 5.82 Å². The van der Waals surface area contributed by atoms with Gasteiger partial charge in [0.05, 0.1) is 5.41 Å². The van der Waals surface area contributed by atoms with Gasteiger partial charge in [0.25, 0.3) is 0 Å². The second-order valence-electron chi connectivity index (χ2n) is 7.51. The molecular formula is C20H29FN2O2. The number of likely N-dealkylation sites (tertiary alicyclic amines) is 1. The zero-order chi connectivity index (χ0) is 17.7. The third kappa shape index (κ3) is 4.39. The van der Waals surface area contributed by atoms with Crippen molar-refractivity contribution >= 4 is 5.91 Å². The molecule has 1 aromatic carbocycles. The quantitative estimate of drug-likeness (QED) is 0.890. The number of piperidine rings is 1. The summed E-state index contributed by atoms with van der Waals surface area (Å²) < 4.78 is 19.2. The number of carbonyl (C=O) groups excluding carboxylic acids is 1. The molecule has 5 heteroatoms. The standard InChI is InChI=1S/C20H29FN2O2/c1-16-4-3-10-23(15-16)11-9-22-19(24)20(7-12-25-13-8-20)17-5-2-6-18(21)14-17/h2,5-6,14,16H,3-4,7-13,15H2,1H3,(H,22,24). The van der Waals surface area contributed by atoms with Crippen LogP contribution in [-0.4, -0.2) is 50.2 Å². The minimum Gasteiger partial charge on any atom is -0.381 e. The summed E-state index contributed by atoms with van der Waals surface area (Å²) in [5, 5.41) is 3.11. The number of rotatable bonds is 5. The number of carbonyl (C=O) groups is 1. The van der Waals surface area contributed by atoms with Crippen LogP contribution in [0.1, 0.15) is 38.2 Å². The maximum Gasteiger partial charge on any atom is 0.230 e. The monoisotopic (exact) mass is 348 g/mol. The Hall–Kier alpha value is -1.46. The Balaban J connectivity index is 1.63. The molecule has 3 rings (SSSR count). The van der Waals surface area contributed by atoms with E-state index in [0.29, 0.717) is 32.6 Å². The number of hydrogen-bond donors (Lipinski definition) is 1. The van der Waals surface area contributed by atoms with E-state index in [0.717, 1.165) is 31.1 Å². The van der Waals surface area contributed by atoms with Crippen LogP contribution in [0.4, 0.5) is 4.39 Å². The van der Waals surface area contributed by atoms with Gasteiger partial charge in [-0.2, -0.15) is 0 Å². The largest absolute Gasteiger partial charge is 0.381 e. The number of benzene rings is 1. The van der Waals surface area contributed by atoms with Crippen molar-refractivity contribution in [3.8, 4) is 0 Å². The van der Waals surface area contributed by atoms with Crippen LogP contribution >= 0.6 is 0 Å². The normalized spacial score (nSPS) is 24.0. The Morgan fingerprint density at radius 3 is 2.92 bits per heavy atom. The molecule has 2 aliphatic heterocycles. The second kappa shape index (κ2) is 8.28. The molecule has 0 radical (unpaired) electrons. The molecule has 1 amide bonds. The molecule has 0 aliphatic carbocycles. The molecule has 138 valence electrons. The molecule has 2 heterocycles. The Labute approximate surface area is 149 Å². The summed E-state index contributed by atoms with van der Waals surface area (Å²) in [6, 6.07) is 6.47. The summed E-state index contributed by atoms with van der Waals surface area (Å²) in [4.78, 5) is 15.5. The van der Waals surface area contributed by atoms with E-state index in [4.69, 9.17) is 4.74 Å². The summed E-state index contributed by atoms with van der Waals surface area (Å²) in [6.45, 7) is 7.10. The minimum atomic E-state index is -0.671. The second-order valence-corrected chi connectivity index (χ2v) is 7.51. The smallest absolute Gasteiger partial charge is 0.230 e. The average Bonchev–Trinajstić information content (AvgIpc) is 2.62. The highest BCUT2D eigenvalue weighted by molar-refractivity contribution is 5.88. The summed E-state index contributed by atoms with van der Waals surface area (Å²) in [5.74, 6) is 0.448. The highest BCUT2D eigenvalue weighted by Crippen LogP contribution is 2.35. The highest BCUT2D eigenvalue weighted by Gasteiger charge is 2.41. The van der Waals surface area contributed by atoms with E-state index in [1.165, 1.54) is 25.0 Å². The number of ether oxygens (including phenoxy) is 1. The predicted octanol–water partition coefficient (Wildman–Crippen LogP) is 2.72. The molecule has 2 saturated heterocycles. The number of nitrogens with one attached hydrogen (secondary N) is 1. The summed E-state index contributed by atoms with van der Waals surface area (Å²) in [7, 11) is 0. The van der Waals surface area contributed by atoms with Crippen LogP contribution in [0.25, 0.3) is 0 Å². The predicted molar refractivity (Wildman–Crippen MR) is 96.0 cm³/mol. The summed E-state index contributed by atoms with van der Waals surface area (Å²) in [5.41, 5.74) is 0.0927. The lowest BCUT2D eigenvalue weighted by Gasteiger charge is -2.37. The molecule has 2 fully saturated rings. The van der Waals surface area contributed by atoms with Gasteiger partial charge in [0, 0.05) is 32.8 Å². The fourth-order valence-corrected chi connectivity index (χ4v) is 4.14. The van der Waals surface area contributed by atoms with Crippen molar-refractivity contribution in [2.45, 2.75) is 38.0 Å². The van der Waals surface area contributed by atoms with E-state index in [9.17, 15) is 9.18 Å². The van der Waals surface area contributed by atoms with Crippen LogP contribution in [0.3, 0.4) is 0 Å². The van der Waals surface area contributed by atoms with Gasteiger partial charge in [-0.15, -0.1) is 0 Å². The molecule has 0 aromatic heterocycles. The van der Waals surface area contributed by atoms with Gasteiger partial charge in [-0.1, -0.05) is 19.1 Å². The van der Waals surface area contributed by atoms with Crippen LogP contribution in [0.5, 0.6) is 0 Å². The van der Waals surface area contributed by atoms with Crippen molar-refractivity contribution in [3.05, 3.63) is 35.6 Å². The topological polar surface area (TPSA) is 41.6 Å². The van der Waals surface area contributed by atoms with Crippen LogP contribution < -0.4 is 5.32 Å². The van der Waals surface area contributed by atoms with Crippen LogP contribution in [0, 0.1) is 11.7 Å². The van der Waals surface area contributed by atoms with Gasteiger partial charge in [0.2, 0.25) is 5.91 Å². The maximum absolute atomic E-state index is 13.7. The van der Waals surface area contributed by atoms with Gasteiger partial charge in [0.15, 0.2) is 0 Å². The number of nitrogens with zero attached hydrogens (tertiary/aromatic N) is 1. The Kier molecular flexibility index (Phi) is 6.07. The fourth-order valence-electron chi connectivity index (χ4n) is 4.14. The van der Waals surface area contributed by atoms with E-state index in [-0.39, 0.29) is 11.7 Å². The van der Waals surface area contributed by atoms with Crippen molar-refractivity contribution in [1.82, 2.24) is 10.2 Å². The van der Waals surface area contributed by atoms with Crippen LogP contribution in [-0.2, 0) is 14.9 Å². The first-order valence-electron chi connectivity index (χ1n) is 9.45. The molecule has 2 aliphatic rings. The van der Waals surface area contributed by atoms with E-state index in [1.54, 1.807) is 6.07 Å². The van der Waals surface area contributed by atoms with Crippen molar-refractivity contribution in [1.29, 1.82) is 0 Å². The van der Waals surface area contributed by atoms with Crippen molar-refractivity contribution in [2.24, 2.45) is 5.92 Å². The molecule has 1 atom stereocenters. The fraction of sp³-hybridized carbons (Fsp3) is 0.650. The maximum atomic E-state index is 13.7. The Bertz CT molecular complexity index is 587. The van der Waals surface area contributed by atoms with Crippen LogP contribution in [0.2, 0.25) is 0 Å². The lowest BCUT2D eigenvalue weighted by molar-refractivity contribution is -0.130. The molecule has 25 heavy (non-hydrogen) atoms. The third-order valence-electron chi connectivity index (χ3n) is 5.61. The number of hydrogen-bond acceptors (Lipinski definition) is 3. The molecule has 1 aromatic rings. The van der Waals surface area contributed by atoms with Gasteiger partial charge in [-0.25, -0.2) is 4.39 Å². The van der Waals surface area contributed by atoms with E-state index in [2.05, 4.69) is 17.1 Å². The van der Waals surface area contributed by atoms with Crippen molar-refractivity contribution in [3.63, 3.8) is 0 Å². The molecule has 0 bridgehead atoms. The zero-order valence-electron chi connectivity index (χ0n) is 15.1. The number of halogens is 1. The SMILES string of the molecule is CC1CCCN(CCNC(=O)C2(c3cccc(F)c3)CCOCC2)C1. The molecule has 0 spiro atoms. The first-order valence-corrected chi connectivity index (χ1v) is 9.45. The first kappa shape index (κ1) is 18.3. The Morgan fingerprint density at radius 2 is 2.20 bits per heavy atom. The molecular weight excluding hydrogens is 319 g/mol. The van der Waals surface area contributed by atoms with Gasteiger partial charge >= 0.3 is 0 Å². The molecule has 1 unspecified atom stereocenters. The summed E-state index contributed by atoms with van der Waals surface area (Å²) >= 11 is 0. The van der Waals surface area contributed by atoms with Gasteiger partial charge in [-0.3, -0.25) is 4.79 Å². The first-order chi connectivity index (χ1) is 12.1. The van der Waals surface area contributed by atoms with Gasteiger partial charge < -0.3 is 15.0 Å². The average molecular weight is 348 g/mol. The summed E-state index contributed by atoms with van der Waals surface area (Å²) in [6.07, 6.45) is 3.73. The van der Waals surface area contributed by atoms with Crippen LogP contribution in [0.15, 0.2) is 24.3 Å². The van der Waals surface area contributed by atoms with E-state index in [1.807, 2.05) is 6.07 Å². The van der Waals surface area contributed by atoms with E-state index >= 15 is 0 Å². The minimum absolute atomic E-state index is 0.00598. The third-order valence-corrected chi connectivity index (χ3v) is 5.61. The molecule has 0 saturated carbocycles. The number of amides is 1. The molecule has 1 N–H and O–H groups in total. The Morgan fingerprint density at radius 1 is 1.40 bits per heavy atom. The van der Waals surface area contributed by atoms with Crippen molar-refractivity contribution < 1.29 is 13.9 Å².